The molecule has 4 heterocycles. The number of aromatic nitrogens is 1. The standard InChI is InChI=1S/C29H34N2O5/c1-3-13-31-28(33)22-15-18(4-2)26-23(27(22)29(31)34)17-35-25(26)11-8-19(24-7-5-6-12-30-24)14-20-9-10-21(16-32)36-20/h5-7,9-10,12,14,22-23,25,27,32H,3-4,8,11,13,15-17H2,1-2H3/b19-14-/t22-,23+,25-,27-/m1/s1. The molecule has 2 fully saturated rings. The number of likely N-dealkylation sites (tertiary alicyclic amines) is 1. The highest BCUT2D eigenvalue weighted by atomic mass is 16.5. The van der Waals surface area contributed by atoms with Crippen molar-refractivity contribution >= 4 is 23.5 Å². The number of nitrogens with zero attached hydrogens (tertiary/aromatic N) is 2. The van der Waals surface area contributed by atoms with Gasteiger partial charge in [-0.2, -0.15) is 0 Å². The van der Waals surface area contributed by atoms with Crippen LogP contribution in [-0.4, -0.2) is 46.1 Å². The normalized spacial score (nSPS) is 26.1. The van der Waals surface area contributed by atoms with Crippen molar-refractivity contribution in [3.8, 4) is 0 Å². The van der Waals surface area contributed by atoms with Crippen LogP contribution >= 0.6 is 0 Å². The van der Waals surface area contributed by atoms with Crippen molar-refractivity contribution in [1.29, 1.82) is 0 Å². The Morgan fingerprint density at radius 3 is 2.72 bits per heavy atom. The zero-order valence-corrected chi connectivity index (χ0v) is 21.0. The Labute approximate surface area is 211 Å². The molecule has 1 aliphatic carbocycles. The molecule has 1 N–H and O–H groups in total. The van der Waals surface area contributed by atoms with E-state index >= 15 is 0 Å². The molecule has 0 spiro atoms. The van der Waals surface area contributed by atoms with Gasteiger partial charge in [-0.1, -0.05) is 25.5 Å². The molecule has 3 aliphatic rings. The van der Waals surface area contributed by atoms with Gasteiger partial charge in [-0.05, 0) is 73.6 Å². The van der Waals surface area contributed by atoms with Crippen molar-refractivity contribution in [3.05, 3.63) is 64.9 Å². The zero-order valence-electron chi connectivity index (χ0n) is 21.0. The SMILES string of the molecule is CCCN1C(=O)[C@@H]2[C@@H](CC(CC)=C3[C@@H](CC/C(=C/c4ccc(CO)o4)c4ccccn4)OC[C@@H]32)C1=O. The third-order valence-electron chi connectivity index (χ3n) is 7.80. The maximum atomic E-state index is 13.2. The second-order valence-corrected chi connectivity index (χ2v) is 9.89. The number of ether oxygens (including phenoxy) is 1. The summed E-state index contributed by atoms with van der Waals surface area (Å²) in [5.41, 5.74) is 4.42. The molecule has 0 unspecified atom stereocenters. The van der Waals surface area contributed by atoms with Crippen LogP contribution in [0, 0.1) is 17.8 Å². The van der Waals surface area contributed by atoms with Crippen LogP contribution in [0.3, 0.4) is 0 Å². The highest BCUT2D eigenvalue weighted by Gasteiger charge is 2.56. The molecule has 7 heteroatoms. The Morgan fingerprint density at radius 1 is 1.17 bits per heavy atom. The first kappa shape index (κ1) is 24.7. The number of imide groups is 1. The van der Waals surface area contributed by atoms with E-state index in [2.05, 4.69) is 11.9 Å². The molecule has 190 valence electrons. The van der Waals surface area contributed by atoms with Crippen molar-refractivity contribution in [2.45, 2.75) is 58.7 Å². The Bertz CT molecular complexity index is 1180. The molecular weight excluding hydrogens is 456 g/mol. The minimum absolute atomic E-state index is 0.00127. The zero-order chi connectivity index (χ0) is 25.2. The predicted octanol–water partition coefficient (Wildman–Crippen LogP) is 4.62. The first-order valence-electron chi connectivity index (χ1n) is 13.1. The van der Waals surface area contributed by atoms with Crippen LogP contribution in [0.15, 0.2) is 52.1 Å². The van der Waals surface area contributed by atoms with Crippen LogP contribution in [0.25, 0.3) is 11.6 Å². The summed E-state index contributed by atoms with van der Waals surface area (Å²) in [4.78, 5) is 32.3. The molecule has 0 saturated carbocycles. The van der Waals surface area contributed by atoms with Crippen LogP contribution in [0.5, 0.6) is 0 Å². The number of amides is 2. The second-order valence-electron chi connectivity index (χ2n) is 9.89. The monoisotopic (exact) mass is 490 g/mol. The lowest BCUT2D eigenvalue weighted by molar-refractivity contribution is -0.140. The Balaban J connectivity index is 1.39. The average molecular weight is 491 g/mol. The quantitative estimate of drug-likeness (QED) is 0.407. The largest absolute Gasteiger partial charge is 0.459 e. The fraction of sp³-hybridized carbons (Fsp3) is 0.483. The van der Waals surface area contributed by atoms with Gasteiger partial charge in [0.25, 0.3) is 0 Å². The molecule has 2 aromatic heterocycles. The molecular formula is C29H34N2O5. The van der Waals surface area contributed by atoms with Gasteiger partial charge in [0.1, 0.15) is 18.1 Å². The summed E-state index contributed by atoms with van der Waals surface area (Å²) >= 11 is 0. The summed E-state index contributed by atoms with van der Waals surface area (Å²) < 4.78 is 12.0. The predicted molar refractivity (Wildman–Crippen MR) is 135 cm³/mol. The van der Waals surface area contributed by atoms with Crippen LogP contribution in [-0.2, 0) is 20.9 Å². The van der Waals surface area contributed by atoms with Gasteiger partial charge in [0.15, 0.2) is 0 Å². The van der Waals surface area contributed by atoms with Crippen molar-refractivity contribution < 1.29 is 23.8 Å². The lowest BCUT2D eigenvalue weighted by Gasteiger charge is -2.31. The van der Waals surface area contributed by atoms with Gasteiger partial charge >= 0.3 is 0 Å². The van der Waals surface area contributed by atoms with Crippen LogP contribution in [0.4, 0.5) is 0 Å². The summed E-state index contributed by atoms with van der Waals surface area (Å²) in [5, 5.41) is 9.36. The smallest absolute Gasteiger partial charge is 0.233 e. The van der Waals surface area contributed by atoms with Gasteiger partial charge in [0, 0.05) is 18.7 Å². The molecule has 5 rings (SSSR count). The highest BCUT2D eigenvalue weighted by Crippen LogP contribution is 2.50. The minimum Gasteiger partial charge on any atom is -0.459 e. The van der Waals surface area contributed by atoms with Crippen molar-refractivity contribution in [1.82, 2.24) is 9.88 Å². The van der Waals surface area contributed by atoms with E-state index in [-0.39, 0.29) is 42.3 Å². The number of pyridine rings is 1. The van der Waals surface area contributed by atoms with Gasteiger partial charge in [0.05, 0.1) is 30.2 Å². The molecule has 0 bridgehead atoms. The number of carbonyl (C=O) groups excluding carboxylic acids is 2. The van der Waals surface area contributed by atoms with Gasteiger partial charge in [-0.15, -0.1) is 0 Å². The molecule has 7 nitrogen and oxygen atoms in total. The Morgan fingerprint density at radius 2 is 2.03 bits per heavy atom. The van der Waals surface area contributed by atoms with E-state index in [1.807, 2.05) is 37.3 Å². The van der Waals surface area contributed by atoms with Gasteiger partial charge < -0.3 is 14.3 Å². The van der Waals surface area contributed by atoms with Gasteiger partial charge in [0.2, 0.25) is 11.8 Å². The Kier molecular flexibility index (Phi) is 7.21. The molecule has 0 aromatic carbocycles. The number of hydrogen-bond donors (Lipinski definition) is 1. The van der Waals surface area contributed by atoms with Crippen LogP contribution in [0.1, 0.15) is 63.2 Å². The van der Waals surface area contributed by atoms with Gasteiger partial charge in [-0.3, -0.25) is 19.5 Å². The van der Waals surface area contributed by atoms with E-state index in [0.29, 0.717) is 37.5 Å². The fourth-order valence-electron chi connectivity index (χ4n) is 6.16. The van der Waals surface area contributed by atoms with E-state index in [1.54, 1.807) is 12.3 Å². The van der Waals surface area contributed by atoms with Crippen molar-refractivity contribution in [2.75, 3.05) is 13.2 Å². The third kappa shape index (κ3) is 4.46. The fourth-order valence-corrected chi connectivity index (χ4v) is 6.16. The summed E-state index contributed by atoms with van der Waals surface area (Å²) in [7, 11) is 0. The number of carbonyl (C=O) groups is 2. The van der Waals surface area contributed by atoms with E-state index < -0.39 is 0 Å². The number of furan rings is 1. The van der Waals surface area contributed by atoms with E-state index in [0.717, 1.165) is 30.5 Å². The summed E-state index contributed by atoms with van der Waals surface area (Å²) in [6.45, 7) is 4.98. The third-order valence-corrected chi connectivity index (χ3v) is 7.80. The number of aliphatic hydroxyl groups is 1. The van der Waals surface area contributed by atoms with Crippen molar-refractivity contribution in [3.63, 3.8) is 0 Å². The molecule has 2 aromatic rings. The maximum absolute atomic E-state index is 13.2. The second kappa shape index (κ2) is 10.5. The number of fused-ring (bicyclic) bond motifs is 3. The van der Waals surface area contributed by atoms with Crippen LogP contribution < -0.4 is 0 Å². The minimum atomic E-state index is -0.287. The van der Waals surface area contributed by atoms with Crippen LogP contribution in [0.2, 0.25) is 0 Å². The molecule has 2 saturated heterocycles. The maximum Gasteiger partial charge on any atom is 0.233 e. The van der Waals surface area contributed by atoms with Gasteiger partial charge in [-0.25, -0.2) is 0 Å². The van der Waals surface area contributed by atoms with E-state index in [4.69, 9.17) is 9.15 Å². The molecule has 4 atom stereocenters. The lowest BCUT2D eigenvalue weighted by Crippen LogP contribution is -2.34. The summed E-state index contributed by atoms with van der Waals surface area (Å²) in [6.07, 6.45) is 7.44. The number of hydrogen-bond acceptors (Lipinski definition) is 6. The topological polar surface area (TPSA) is 92.9 Å². The lowest BCUT2D eigenvalue weighted by atomic mass is 9.69. The molecule has 2 aliphatic heterocycles. The summed E-state index contributed by atoms with van der Waals surface area (Å²) in [5.74, 6) is 0.642. The van der Waals surface area contributed by atoms with E-state index in [1.165, 1.54) is 16.0 Å². The van der Waals surface area contributed by atoms with E-state index in [9.17, 15) is 14.7 Å². The number of rotatable bonds is 9. The molecule has 0 radical (unpaired) electrons. The first-order valence-corrected chi connectivity index (χ1v) is 13.1. The molecule has 2 amide bonds. The number of aliphatic hydroxyl groups excluding tert-OH is 1. The highest BCUT2D eigenvalue weighted by molar-refractivity contribution is 6.06. The first-order chi connectivity index (χ1) is 17.5. The Hall–Kier alpha value is -3.03. The summed E-state index contributed by atoms with van der Waals surface area (Å²) in [6, 6.07) is 9.45. The average Bonchev–Trinajstić information content (AvgIpc) is 3.60. The molecule has 36 heavy (non-hydrogen) atoms. The number of allylic oxidation sites excluding steroid dienone is 2. The van der Waals surface area contributed by atoms with Crippen molar-refractivity contribution in [2.24, 2.45) is 17.8 Å².